The summed E-state index contributed by atoms with van der Waals surface area (Å²) in [6.45, 7) is 4.78. The summed E-state index contributed by atoms with van der Waals surface area (Å²) in [5.41, 5.74) is 1.48. The summed E-state index contributed by atoms with van der Waals surface area (Å²) in [7, 11) is 0. The van der Waals surface area contributed by atoms with Gasteiger partial charge in [0.05, 0.1) is 0 Å². The number of pyridine rings is 1. The van der Waals surface area contributed by atoms with Crippen LogP contribution in [0.3, 0.4) is 0 Å². The lowest BCUT2D eigenvalue weighted by Crippen LogP contribution is -2.39. The van der Waals surface area contributed by atoms with Crippen molar-refractivity contribution in [3.05, 3.63) is 29.6 Å². The molecule has 3 heterocycles. The van der Waals surface area contributed by atoms with Crippen molar-refractivity contribution in [2.24, 2.45) is 5.92 Å². The van der Waals surface area contributed by atoms with Crippen molar-refractivity contribution in [2.75, 3.05) is 19.6 Å². The van der Waals surface area contributed by atoms with Crippen LogP contribution < -0.4 is 5.32 Å². The zero-order valence-electron chi connectivity index (χ0n) is 10.0. The summed E-state index contributed by atoms with van der Waals surface area (Å²) >= 11 is 0. The van der Waals surface area contributed by atoms with Gasteiger partial charge in [-0.3, -0.25) is 4.79 Å². The quantitative estimate of drug-likeness (QED) is 0.778. The predicted octanol–water partition coefficient (Wildman–Crippen LogP) is 0.824. The van der Waals surface area contributed by atoms with Gasteiger partial charge in [0, 0.05) is 31.4 Å². The lowest BCUT2D eigenvalue weighted by molar-refractivity contribution is 0.0731. The summed E-state index contributed by atoms with van der Waals surface area (Å²) < 4.78 is 0. The molecular weight excluding hydrogens is 214 g/mol. The number of hydrogen-bond donors (Lipinski definition) is 1. The Kier molecular flexibility index (Phi) is 2.59. The Balaban J connectivity index is 1.83. The summed E-state index contributed by atoms with van der Waals surface area (Å²) in [6.07, 6.45) is 1.12. The number of aryl methyl sites for hydroxylation is 1. The number of likely N-dealkylation sites (tertiary alicyclic amines) is 1. The van der Waals surface area contributed by atoms with E-state index in [1.54, 1.807) is 0 Å². The highest BCUT2D eigenvalue weighted by Gasteiger charge is 2.40. The first-order chi connectivity index (χ1) is 8.25. The molecule has 17 heavy (non-hydrogen) atoms. The SMILES string of the molecule is Cc1cccc(C(=O)N2CC[C@H]3CNC[C@H]32)n1. The van der Waals surface area contributed by atoms with E-state index in [9.17, 15) is 4.79 Å². The average Bonchev–Trinajstić information content (AvgIpc) is 2.89. The fourth-order valence-electron chi connectivity index (χ4n) is 2.91. The zero-order valence-corrected chi connectivity index (χ0v) is 10.0. The Morgan fingerprint density at radius 3 is 3.18 bits per heavy atom. The standard InChI is InChI=1S/C13H17N3O/c1-9-3-2-4-11(15-9)13(17)16-6-5-10-7-14-8-12(10)16/h2-4,10,12,14H,5-8H2,1H3/t10-,12+/m0/s1. The van der Waals surface area contributed by atoms with E-state index in [4.69, 9.17) is 0 Å². The molecule has 0 bridgehead atoms. The smallest absolute Gasteiger partial charge is 0.272 e. The first kappa shape index (κ1) is 10.7. The van der Waals surface area contributed by atoms with Gasteiger partial charge in [0.1, 0.15) is 5.69 Å². The van der Waals surface area contributed by atoms with Gasteiger partial charge in [-0.1, -0.05) is 6.07 Å². The molecular formula is C13H17N3O. The van der Waals surface area contributed by atoms with Gasteiger partial charge in [-0.25, -0.2) is 4.98 Å². The van der Waals surface area contributed by atoms with Gasteiger partial charge >= 0.3 is 0 Å². The van der Waals surface area contributed by atoms with Crippen molar-refractivity contribution >= 4 is 5.91 Å². The Hall–Kier alpha value is -1.42. The molecule has 0 radical (unpaired) electrons. The summed E-state index contributed by atoms with van der Waals surface area (Å²) in [4.78, 5) is 18.7. The molecule has 1 aromatic rings. The van der Waals surface area contributed by atoms with Crippen LogP contribution in [0.4, 0.5) is 0 Å². The molecule has 0 unspecified atom stereocenters. The number of nitrogens with one attached hydrogen (secondary N) is 1. The number of fused-ring (bicyclic) bond motifs is 1. The van der Waals surface area contributed by atoms with E-state index in [1.165, 1.54) is 0 Å². The molecule has 2 saturated heterocycles. The fraction of sp³-hybridized carbons (Fsp3) is 0.538. The number of carbonyl (C=O) groups excluding carboxylic acids is 1. The first-order valence-electron chi connectivity index (χ1n) is 6.21. The van der Waals surface area contributed by atoms with Crippen LogP contribution in [0.15, 0.2) is 18.2 Å². The van der Waals surface area contributed by atoms with E-state index in [0.717, 1.165) is 31.7 Å². The second-order valence-electron chi connectivity index (χ2n) is 4.94. The highest BCUT2D eigenvalue weighted by atomic mass is 16.2. The Morgan fingerprint density at radius 2 is 2.35 bits per heavy atom. The minimum atomic E-state index is 0.0879. The molecule has 0 aliphatic carbocycles. The van der Waals surface area contributed by atoms with Gasteiger partial charge in [0.15, 0.2) is 0 Å². The lowest BCUT2D eigenvalue weighted by atomic mass is 10.1. The maximum atomic E-state index is 12.4. The van der Waals surface area contributed by atoms with Crippen molar-refractivity contribution in [1.82, 2.24) is 15.2 Å². The molecule has 2 aliphatic heterocycles. The fourth-order valence-corrected chi connectivity index (χ4v) is 2.91. The second-order valence-corrected chi connectivity index (χ2v) is 4.94. The maximum absolute atomic E-state index is 12.4. The van der Waals surface area contributed by atoms with E-state index in [0.29, 0.717) is 17.7 Å². The summed E-state index contributed by atoms with van der Waals surface area (Å²) in [6, 6.07) is 6.01. The monoisotopic (exact) mass is 231 g/mol. The molecule has 0 saturated carbocycles. The van der Waals surface area contributed by atoms with Gasteiger partial charge in [0.25, 0.3) is 5.91 Å². The Morgan fingerprint density at radius 1 is 1.47 bits per heavy atom. The molecule has 1 amide bonds. The predicted molar refractivity (Wildman–Crippen MR) is 64.8 cm³/mol. The number of carbonyl (C=O) groups is 1. The molecule has 1 N–H and O–H groups in total. The van der Waals surface area contributed by atoms with Crippen LogP contribution in [-0.2, 0) is 0 Å². The van der Waals surface area contributed by atoms with Gasteiger partial charge in [-0.15, -0.1) is 0 Å². The molecule has 90 valence electrons. The molecule has 4 nitrogen and oxygen atoms in total. The highest BCUT2D eigenvalue weighted by molar-refractivity contribution is 5.92. The van der Waals surface area contributed by atoms with Gasteiger partial charge in [0.2, 0.25) is 0 Å². The molecule has 0 aromatic carbocycles. The minimum Gasteiger partial charge on any atom is -0.333 e. The number of aromatic nitrogens is 1. The van der Waals surface area contributed by atoms with E-state index < -0.39 is 0 Å². The third kappa shape index (κ3) is 1.82. The molecule has 4 heteroatoms. The lowest BCUT2D eigenvalue weighted by Gasteiger charge is -2.23. The number of amides is 1. The van der Waals surface area contributed by atoms with Crippen LogP contribution in [0.2, 0.25) is 0 Å². The largest absolute Gasteiger partial charge is 0.333 e. The van der Waals surface area contributed by atoms with E-state index in [1.807, 2.05) is 30.0 Å². The van der Waals surface area contributed by atoms with E-state index in [-0.39, 0.29) is 5.91 Å². The van der Waals surface area contributed by atoms with Crippen LogP contribution in [0.25, 0.3) is 0 Å². The number of nitrogens with zero attached hydrogens (tertiary/aromatic N) is 2. The zero-order chi connectivity index (χ0) is 11.8. The molecule has 3 rings (SSSR count). The third-order valence-electron chi connectivity index (χ3n) is 3.81. The summed E-state index contributed by atoms with van der Waals surface area (Å²) in [5.74, 6) is 0.730. The van der Waals surface area contributed by atoms with Crippen molar-refractivity contribution in [2.45, 2.75) is 19.4 Å². The van der Waals surface area contributed by atoms with E-state index >= 15 is 0 Å². The van der Waals surface area contributed by atoms with Crippen molar-refractivity contribution < 1.29 is 4.79 Å². The van der Waals surface area contributed by atoms with Crippen molar-refractivity contribution in [1.29, 1.82) is 0 Å². The highest BCUT2D eigenvalue weighted by Crippen LogP contribution is 2.28. The molecule has 2 fully saturated rings. The molecule has 2 aliphatic rings. The minimum absolute atomic E-state index is 0.0879. The second kappa shape index (κ2) is 4.11. The number of hydrogen-bond acceptors (Lipinski definition) is 3. The molecule has 2 atom stereocenters. The Bertz CT molecular complexity index is 446. The van der Waals surface area contributed by atoms with Gasteiger partial charge in [-0.05, 0) is 31.4 Å². The number of rotatable bonds is 1. The van der Waals surface area contributed by atoms with Crippen LogP contribution >= 0.6 is 0 Å². The average molecular weight is 231 g/mol. The topological polar surface area (TPSA) is 45.2 Å². The normalized spacial score (nSPS) is 27.2. The molecule has 0 spiro atoms. The van der Waals surface area contributed by atoms with Crippen molar-refractivity contribution in [3.8, 4) is 0 Å². The van der Waals surface area contributed by atoms with Crippen LogP contribution in [-0.4, -0.2) is 41.5 Å². The molecule has 1 aromatic heterocycles. The third-order valence-corrected chi connectivity index (χ3v) is 3.81. The Labute approximate surface area is 101 Å². The van der Waals surface area contributed by atoms with Gasteiger partial charge in [-0.2, -0.15) is 0 Å². The first-order valence-corrected chi connectivity index (χ1v) is 6.21. The summed E-state index contributed by atoms with van der Waals surface area (Å²) in [5, 5.41) is 3.36. The maximum Gasteiger partial charge on any atom is 0.272 e. The van der Waals surface area contributed by atoms with E-state index in [2.05, 4.69) is 10.3 Å². The van der Waals surface area contributed by atoms with Crippen LogP contribution in [0.1, 0.15) is 22.6 Å². The van der Waals surface area contributed by atoms with Crippen LogP contribution in [0.5, 0.6) is 0 Å². The van der Waals surface area contributed by atoms with Crippen LogP contribution in [0, 0.1) is 12.8 Å². The van der Waals surface area contributed by atoms with Gasteiger partial charge < -0.3 is 10.2 Å². The van der Waals surface area contributed by atoms with Crippen molar-refractivity contribution in [3.63, 3.8) is 0 Å².